The summed E-state index contributed by atoms with van der Waals surface area (Å²) < 4.78 is 171. The SMILES string of the molecule is O=S(=O)(O)c1c(F)c(F)c(-c2c(F)c(F)c(S(=O)(=O)O)c(F)c2F)c(F)c1F. The van der Waals surface area contributed by atoms with Gasteiger partial charge in [-0.3, -0.25) is 9.11 Å². The van der Waals surface area contributed by atoms with Crippen LogP contribution in [0, 0.1) is 46.5 Å². The minimum atomic E-state index is -5.95. The first-order valence-corrected chi connectivity index (χ1v) is 9.08. The third kappa shape index (κ3) is 3.21. The molecule has 0 atom stereocenters. The number of rotatable bonds is 3. The van der Waals surface area contributed by atoms with E-state index in [1.165, 1.54) is 0 Å². The van der Waals surface area contributed by atoms with Crippen molar-refractivity contribution in [2.45, 2.75) is 9.79 Å². The van der Waals surface area contributed by atoms with Crippen LogP contribution >= 0.6 is 0 Å². The molecule has 0 aromatic heterocycles. The van der Waals surface area contributed by atoms with E-state index in [9.17, 15) is 52.0 Å². The largest absolute Gasteiger partial charge is 0.300 e. The van der Waals surface area contributed by atoms with Crippen LogP contribution in [0.15, 0.2) is 9.79 Å². The molecule has 28 heavy (non-hydrogen) atoms. The first-order valence-electron chi connectivity index (χ1n) is 6.20. The van der Waals surface area contributed by atoms with Gasteiger partial charge in [0, 0.05) is 0 Å². The van der Waals surface area contributed by atoms with Crippen LogP contribution in [-0.4, -0.2) is 25.9 Å². The van der Waals surface area contributed by atoms with Crippen molar-refractivity contribution in [3.8, 4) is 11.1 Å². The molecule has 0 heterocycles. The maximum atomic E-state index is 14.0. The quantitative estimate of drug-likeness (QED) is 0.416. The van der Waals surface area contributed by atoms with Crippen molar-refractivity contribution in [3.05, 3.63) is 46.5 Å². The molecule has 0 bridgehead atoms. The molecule has 154 valence electrons. The molecule has 0 amide bonds. The zero-order valence-electron chi connectivity index (χ0n) is 12.4. The van der Waals surface area contributed by atoms with E-state index in [0.29, 0.717) is 0 Å². The fourth-order valence-electron chi connectivity index (χ4n) is 2.12. The zero-order chi connectivity index (χ0) is 21.9. The Bertz CT molecular complexity index is 1080. The minimum Gasteiger partial charge on any atom is -0.282 e. The van der Waals surface area contributed by atoms with Crippen molar-refractivity contribution >= 4 is 20.2 Å². The molecule has 16 heteroatoms. The molecule has 0 spiro atoms. The second kappa shape index (κ2) is 6.64. The van der Waals surface area contributed by atoms with Gasteiger partial charge in [-0.2, -0.15) is 16.8 Å². The van der Waals surface area contributed by atoms with Crippen LogP contribution in [0.25, 0.3) is 11.1 Å². The number of halogens is 8. The molecule has 2 rings (SSSR count). The summed E-state index contributed by atoms with van der Waals surface area (Å²) in [5.74, 6) is -23.2. The number of benzene rings is 2. The van der Waals surface area contributed by atoms with Crippen LogP contribution in [0.4, 0.5) is 35.1 Å². The van der Waals surface area contributed by atoms with Crippen molar-refractivity contribution in [2.24, 2.45) is 0 Å². The fraction of sp³-hybridized carbons (Fsp3) is 0. The molecule has 2 N–H and O–H groups in total. The van der Waals surface area contributed by atoms with E-state index in [1.54, 1.807) is 0 Å². The van der Waals surface area contributed by atoms with Gasteiger partial charge in [-0.25, -0.2) is 35.1 Å². The second-order valence-electron chi connectivity index (χ2n) is 4.87. The Hall–Kier alpha value is -2.30. The Morgan fingerprint density at radius 3 is 0.750 bits per heavy atom. The highest BCUT2D eigenvalue weighted by molar-refractivity contribution is 7.86. The molecule has 0 aliphatic carbocycles. The smallest absolute Gasteiger partial charge is 0.282 e. The highest BCUT2D eigenvalue weighted by atomic mass is 32.2. The van der Waals surface area contributed by atoms with Crippen molar-refractivity contribution < 1.29 is 61.1 Å². The van der Waals surface area contributed by atoms with Gasteiger partial charge in [0.25, 0.3) is 0 Å². The van der Waals surface area contributed by atoms with Crippen molar-refractivity contribution in [1.29, 1.82) is 0 Å². The van der Waals surface area contributed by atoms with Crippen molar-refractivity contribution in [3.63, 3.8) is 0 Å². The Morgan fingerprint density at radius 2 is 0.607 bits per heavy atom. The van der Waals surface area contributed by atoms with Gasteiger partial charge in [-0.15, -0.1) is 0 Å². The highest BCUT2D eigenvalue weighted by Crippen LogP contribution is 2.39. The molecule has 0 fully saturated rings. The third-order valence-corrected chi connectivity index (χ3v) is 4.96. The molecular weight excluding hydrogens is 456 g/mol. The lowest BCUT2D eigenvalue weighted by Crippen LogP contribution is -2.15. The lowest BCUT2D eigenvalue weighted by molar-refractivity contribution is 0.395. The Kier molecular flexibility index (Phi) is 5.22. The van der Waals surface area contributed by atoms with Gasteiger partial charge in [0.1, 0.15) is 0 Å². The van der Waals surface area contributed by atoms with Gasteiger partial charge in [0.05, 0.1) is 11.1 Å². The van der Waals surface area contributed by atoms with E-state index >= 15 is 0 Å². The average molecular weight is 458 g/mol. The minimum absolute atomic E-state index is 2.50. The van der Waals surface area contributed by atoms with Crippen LogP contribution in [0.1, 0.15) is 0 Å². The second-order valence-corrected chi connectivity index (χ2v) is 7.59. The standard InChI is InChI=1S/C12H2F8O6S2/c13-3-1(4(14)8(18)11(7(3)17)27(21,22)23)2-5(15)9(19)12(28(24,25)26)10(20)6(2)16/h(H,21,22,23)(H,24,25,26). The van der Waals surface area contributed by atoms with E-state index in [2.05, 4.69) is 0 Å². The van der Waals surface area contributed by atoms with Crippen LogP contribution in [0.5, 0.6) is 0 Å². The molecule has 0 aliphatic heterocycles. The van der Waals surface area contributed by atoms with Crippen LogP contribution < -0.4 is 0 Å². The van der Waals surface area contributed by atoms with Gasteiger partial charge in [0.2, 0.25) is 0 Å². The highest BCUT2D eigenvalue weighted by Gasteiger charge is 2.38. The van der Waals surface area contributed by atoms with E-state index < -0.39 is 87.7 Å². The van der Waals surface area contributed by atoms with Gasteiger partial charge in [-0.1, -0.05) is 0 Å². The van der Waals surface area contributed by atoms with E-state index in [0.717, 1.165) is 0 Å². The average Bonchev–Trinajstić information content (AvgIpc) is 2.52. The molecule has 2 aromatic carbocycles. The molecule has 0 unspecified atom stereocenters. The molecule has 6 nitrogen and oxygen atoms in total. The first kappa shape index (κ1) is 22.0. The lowest BCUT2D eigenvalue weighted by Gasteiger charge is -2.14. The lowest BCUT2D eigenvalue weighted by atomic mass is 10.0. The Morgan fingerprint density at radius 1 is 0.429 bits per heavy atom. The summed E-state index contributed by atoms with van der Waals surface area (Å²) in [6, 6.07) is 0. The summed E-state index contributed by atoms with van der Waals surface area (Å²) in [5, 5.41) is 0. The van der Waals surface area contributed by atoms with Crippen molar-refractivity contribution in [2.75, 3.05) is 0 Å². The number of hydrogen-bond acceptors (Lipinski definition) is 4. The van der Waals surface area contributed by atoms with Gasteiger partial charge < -0.3 is 0 Å². The predicted octanol–water partition coefficient (Wildman–Crippen LogP) is 2.96. The normalized spacial score (nSPS) is 12.5. The maximum Gasteiger partial charge on any atom is 0.300 e. The third-order valence-electron chi connectivity index (χ3n) is 3.21. The molecule has 0 aliphatic rings. The van der Waals surface area contributed by atoms with Crippen LogP contribution in [0.3, 0.4) is 0 Å². The van der Waals surface area contributed by atoms with Crippen molar-refractivity contribution in [1.82, 2.24) is 0 Å². The number of hydrogen-bond donors (Lipinski definition) is 2. The molecule has 2 aromatic rings. The summed E-state index contributed by atoms with van der Waals surface area (Å²) in [7, 11) is -11.9. The monoisotopic (exact) mass is 458 g/mol. The fourth-order valence-corrected chi connectivity index (χ4v) is 3.38. The van der Waals surface area contributed by atoms with Crippen LogP contribution in [-0.2, 0) is 20.2 Å². The molecular formula is C12H2F8O6S2. The van der Waals surface area contributed by atoms with E-state index in [4.69, 9.17) is 9.11 Å². The van der Waals surface area contributed by atoms with Gasteiger partial charge in [0.15, 0.2) is 56.3 Å². The molecule has 0 saturated heterocycles. The zero-order valence-corrected chi connectivity index (χ0v) is 14.0. The summed E-state index contributed by atoms with van der Waals surface area (Å²) in [4.78, 5) is -5.22. The molecule has 0 radical (unpaired) electrons. The summed E-state index contributed by atoms with van der Waals surface area (Å²) in [5.41, 5.74) is -5.01. The summed E-state index contributed by atoms with van der Waals surface area (Å²) in [6.45, 7) is 0. The Balaban J connectivity index is 3.12. The first-order chi connectivity index (χ1) is 12.5. The molecule has 0 saturated carbocycles. The van der Waals surface area contributed by atoms with Crippen LogP contribution in [0.2, 0.25) is 0 Å². The Labute approximate surface area is 149 Å². The summed E-state index contributed by atoms with van der Waals surface area (Å²) in [6.07, 6.45) is 0. The topological polar surface area (TPSA) is 109 Å². The van der Waals surface area contributed by atoms with Gasteiger partial charge >= 0.3 is 20.2 Å². The van der Waals surface area contributed by atoms with E-state index in [-0.39, 0.29) is 0 Å². The van der Waals surface area contributed by atoms with E-state index in [1.807, 2.05) is 0 Å². The predicted molar refractivity (Wildman–Crippen MR) is 71.2 cm³/mol. The summed E-state index contributed by atoms with van der Waals surface area (Å²) >= 11 is 0. The van der Waals surface area contributed by atoms with Gasteiger partial charge in [-0.05, 0) is 0 Å². The maximum absolute atomic E-state index is 14.0.